The van der Waals surface area contributed by atoms with E-state index in [1.807, 2.05) is 34.6 Å². The number of ether oxygens (including phenoxy) is 1. The summed E-state index contributed by atoms with van der Waals surface area (Å²) in [5.41, 5.74) is 5.43. The fourth-order valence-corrected chi connectivity index (χ4v) is 1.47. The number of esters is 1. The summed E-state index contributed by atoms with van der Waals surface area (Å²) < 4.78 is 4.80. The van der Waals surface area contributed by atoms with E-state index in [0.717, 1.165) is 6.42 Å². The third-order valence-electron chi connectivity index (χ3n) is 2.40. The van der Waals surface area contributed by atoms with E-state index in [2.05, 4.69) is 27.6 Å². The van der Waals surface area contributed by atoms with Gasteiger partial charge >= 0.3 is 37.1 Å². The Morgan fingerprint density at radius 3 is 1.68 bits per heavy atom. The van der Waals surface area contributed by atoms with Crippen molar-refractivity contribution in [1.29, 1.82) is 0 Å². The Morgan fingerprint density at radius 1 is 1.08 bits per heavy atom. The van der Waals surface area contributed by atoms with E-state index in [-0.39, 0.29) is 42.7 Å². The molecule has 5 heteroatoms. The molecule has 0 amide bonds. The van der Waals surface area contributed by atoms with E-state index < -0.39 is 0 Å². The molecule has 25 heavy (non-hydrogen) atoms. The Bertz CT molecular complexity index is 219. The standard InChI is InChI=1S/C9H21N.C6H12O2.C2H6.C2H5.CHO.U/c1-3-5-6-7-8-9(10)4-2;1-5(7)8-6(2,3)4;3*1-2;/h9H,3-8,10H2,1-2H3;1-4H3;1-2H3;1H2,2H3;1H;/q;;;2*-1;+2/t9-;;;;;/m0...../s1. The van der Waals surface area contributed by atoms with Crippen molar-refractivity contribution in [1.82, 2.24) is 0 Å². The second kappa shape index (κ2) is 35.3. The van der Waals surface area contributed by atoms with Crippen molar-refractivity contribution in [2.45, 2.75) is 112 Å². The molecular weight excluding hydrogens is 540 g/mol. The quantitative estimate of drug-likeness (QED) is 0.190. The van der Waals surface area contributed by atoms with E-state index >= 15 is 0 Å². The summed E-state index contributed by atoms with van der Waals surface area (Å²) in [5, 5.41) is 0. The van der Waals surface area contributed by atoms with E-state index in [1.54, 1.807) is 6.92 Å². The summed E-state index contributed by atoms with van der Waals surface area (Å²) in [5.74, 6) is -0.225. The fraction of sp³-hybridized carbons (Fsp3) is 0.850. The molecule has 0 aliphatic heterocycles. The predicted molar refractivity (Wildman–Crippen MR) is 108 cm³/mol. The number of hydrogen-bond donors (Lipinski definition) is 1. The van der Waals surface area contributed by atoms with Gasteiger partial charge in [0.1, 0.15) is 5.60 Å². The van der Waals surface area contributed by atoms with Crippen molar-refractivity contribution in [2.24, 2.45) is 5.73 Å². The summed E-state index contributed by atoms with van der Waals surface area (Å²) in [6.07, 6.45) is 7.73. The summed E-state index contributed by atoms with van der Waals surface area (Å²) in [7, 11) is 0. The van der Waals surface area contributed by atoms with Crippen LogP contribution in [0.4, 0.5) is 0 Å². The molecule has 0 fully saturated rings. The molecule has 2 N–H and O–H groups in total. The first-order chi connectivity index (χ1) is 11.2. The molecule has 0 bridgehead atoms. The van der Waals surface area contributed by atoms with Gasteiger partial charge in [-0.05, 0) is 33.6 Å². The van der Waals surface area contributed by atoms with E-state index in [4.69, 9.17) is 15.3 Å². The zero-order valence-corrected chi connectivity index (χ0v) is 22.6. The smallest absolute Gasteiger partial charge is 0.545 e. The molecule has 0 unspecified atom stereocenters. The average molecular weight is 586 g/mol. The molecule has 0 aromatic rings. The van der Waals surface area contributed by atoms with Gasteiger partial charge in [-0.3, -0.25) is 11.6 Å². The summed E-state index contributed by atoms with van der Waals surface area (Å²) in [4.78, 5) is 18.0. The number of rotatable bonds is 6. The Balaban J connectivity index is -0.0000000543. The van der Waals surface area contributed by atoms with Crippen molar-refractivity contribution in [3.63, 3.8) is 0 Å². The predicted octanol–water partition coefficient (Wildman–Crippen LogP) is 5.63. The number of nitrogens with two attached hydrogens (primary N) is 1. The molecule has 0 aliphatic rings. The van der Waals surface area contributed by atoms with Crippen LogP contribution in [0.25, 0.3) is 0 Å². The van der Waals surface area contributed by atoms with Crippen LogP contribution >= 0.6 is 0 Å². The van der Waals surface area contributed by atoms with Gasteiger partial charge in [-0.25, -0.2) is 0 Å². The zero-order chi connectivity index (χ0) is 20.6. The normalized spacial score (nSPS) is 9.56. The third kappa shape index (κ3) is 68.5. The molecule has 0 radical (unpaired) electrons. The summed E-state index contributed by atoms with van der Waals surface area (Å²) >= 11 is 0. The molecule has 0 aromatic heterocycles. The van der Waals surface area contributed by atoms with E-state index in [0.29, 0.717) is 6.04 Å². The molecule has 0 saturated carbocycles. The first-order valence-electron chi connectivity index (χ1n) is 9.12. The van der Waals surface area contributed by atoms with E-state index in [9.17, 15) is 4.79 Å². The third-order valence-corrected chi connectivity index (χ3v) is 2.40. The van der Waals surface area contributed by atoms with Crippen molar-refractivity contribution in [3.05, 3.63) is 6.92 Å². The van der Waals surface area contributed by atoms with Gasteiger partial charge in [-0.2, -0.15) is 6.92 Å². The maximum Gasteiger partial charge on any atom is 2.00 e. The molecule has 0 aliphatic carbocycles. The van der Waals surface area contributed by atoms with Gasteiger partial charge in [0.05, 0.1) is 0 Å². The Morgan fingerprint density at radius 2 is 1.48 bits per heavy atom. The monoisotopic (exact) mass is 585 g/mol. The van der Waals surface area contributed by atoms with Crippen LogP contribution in [-0.4, -0.2) is 24.4 Å². The van der Waals surface area contributed by atoms with Crippen molar-refractivity contribution >= 4 is 12.8 Å². The van der Waals surface area contributed by atoms with Gasteiger partial charge in [0, 0.05) is 13.0 Å². The molecule has 4 nitrogen and oxygen atoms in total. The Labute approximate surface area is 182 Å². The van der Waals surface area contributed by atoms with Gasteiger partial charge in [-0.15, -0.1) is 0 Å². The average Bonchev–Trinajstić information content (AvgIpc) is 2.55. The SMILES string of the molecule is CC.CC(=O)OC(C)(C)C.CCCCCC[C@@H](N)CC.[CH-]=O.[CH2-]C.[U+2]. The molecule has 0 aromatic carbocycles. The first-order valence-corrected chi connectivity index (χ1v) is 9.12. The van der Waals surface area contributed by atoms with Crippen LogP contribution in [0.2, 0.25) is 0 Å². The maximum absolute atomic E-state index is 10.2. The summed E-state index contributed by atoms with van der Waals surface area (Å²) in [6.45, 7) is 23.6. The molecule has 152 valence electrons. The minimum atomic E-state index is -0.328. The second-order valence-corrected chi connectivity index (χ2v) is 5.72. The van der Waals surface area contributed by atoms with Crippen LogP contribution in [-0.2, 0) is 14.3 Å². The Kier molecular flexibility index (Phi) is 56.5. The fourth-order valence-electron chi connectivity index (χ4n) is 1.47. The minimum Gasteiger partial charge on any atom is -0.545 e. The van der Waals surface area contributed by atoms with Crippen LogP contribution in [0.1, 0.15) is 101 Å². The van der Waals surface area contributed by atoms with Gasteiger partial charge in [0.2, 0.25) is 0 Å². The van der Waals surface area contributed by atoms with Gasteiger partial charge in [0.25, 0.3) is 0 Å². The minimum absolute atomic E-state index is 0. The van der Waals surface area contributed by atoms with Crippen LogP contribution in [0.15, 0.2) is 0 Å². The molecular formula is C20H45NO3U. The van der Waals surface area contributed by atoms with Crippen LogP contribution in [0.5, 0.6) is 0 Å². The molecule has 0 heterocycles. The van der Waals surface area contributed by atoms with Gasteiger partial charge < -0.3 is 22.2 Å². The number of hydrogen-bond acceptors (Lipinski definition) is 4. The number of unbranched alkanes of at least 4 members (excludes halogenated alkanes) is 3. The van der Waals surface area contributed by atoms with Gasteiger partial charge in [-0.1, -0.05) is 53.4 Å². The maximum atomic E-state index is 10.2. The van der Waals surface area contributed by atoms with Crippen LogP contribution in [0, 0.1) is 38.0 Å². The van der Waals surface area contributed by atoms with Crippen LogP contribution < -0.4 is 5.73 Å². The largest absolute Gasteiger partial charge is 2.00 e. The van der Waals surface area contributed by atoms with E-state index in [1.165, 1.54) is 39.0 Å². The number of carbonyl (C=O) groups is 1. The molecule has 1 atom stereocenters. The molecule has 0 saturated heterocycles. The summed E-state index contributed by atoms with van der Waals surface area (Å²) in [6, 6.07) is 0.455. The second-order valence-electron chi connectivity index (χ2n) is 5.72. The van der Waals surface area contributed by atoms with Crippen molar-refractivity contribution in [2.75, 3.05) is 0 Å². The van der Waals surface area contributed by atoms with Gasteiger partial charge in [0.15, 0.2) is 0 Å². The first kappa shape index (κ1) is 40.0. The molecule has 0 rings (SSSR count). The number of carbonyl (C=O) groups excluding carboxylic acids is 2. The topological polar surface area (TPSA) is 69.4 Å². The van der Waals surface area contributed by atoms with Crippen molar-refractivity contribution < 1.29 is 45.4 Å². The molecule has 0 spiro atoms. The zero-order valence-electron chi connectivity index (χ0n) is 18.4. The van der Waals surface area contributed by atoms with Crippen LogP contribution in [0.3, 0.4) is 0 Å². The Hall–Kier alpha value is 0.152. The van der Waals surface area contributed by atoms with Crippen molar-refractivity contribution in [3.8, 4) is 0 Å².